The van der Waals surface area contributed by atoms with Gasteiger partial charge < -0.3 is 10.4 Å². The quantitative estimate of drug-likeness (QED) is 0.871. The van der Waals surface area contributed by atoms with E-state index in [-0.39, 0.29) is 12.3 Å². The first-order chi connectivity index (χ1) is 10.1. The van der Waals surface area contributed by atoms with Gasteiger partial charge in [0, 0.05) is 11.9 Å². The van der Waals surface area contributed by atoms with Crippen LogP contribution in [0, 0.1) is 5.92 Å². The summed E-state index contributed by atoms with van der Waals surface area (Å²) < 4.78 is 0. The molecule has 1 aromatic heterocycles. The number of nitrogens with zero attached hydrogens (tertiary/aromatic N) is 1. The summed E-state index contributed by atoms with van der Waals surface area (Å²) in [5.74, 6) is -0.623. The molecule has 2 rings (SSSR count). The molecule has 2 N–H and O–H groups in total. The van der Waals surface area contributed by atoms with Crippen LogP contribution in [0.1, 0.15) is 44.7 Å². The Labute approximate surface area is 124 Å². The van der Waals surface area contributed by atoms with Crippen molar-refractivity contribution >= 4 is 11.9 Å². The van der Waals surface area contributed by atoms with Crippen LogP contribution in [0.4, 0.5) is 0 Å². The fourth-order valence-corrected chi connectivity index (χ4v) is 2.95. The highest BCUT2D eigenvalue weighted by atomic mass is 16.4. The molecule has 1 heterocycles. The average Bonchev–Trinajstić information content (AvgIpc) is 2.48. The lowest BCUT2D eigenvalue weighted by molar-refractivity contribution is -0.149. The molecule has 114 valence electrons. The van der Waals surface area contributed by atoms with Crippen LogP contribution in [0.5, 0.6) is 0 Å². The molecule has 0 bridgehead atoms. The van der Waals surface area contributed by atoms with Gasteiger partial charge in [-0.05, 0) is 43.7 Å². The van der Waals surface area contributed by atoms with Crippen LogP contribution < -0.4 is 5.32 Å². The zero-order valence-electron chi connectivity index (χ0n) is 12.3. The highest BCUT2D eigenvalue weighted by molar-refractivity contribution is 5.87. The fourth-order valence-electron chi connectivity index (χ4n) is 2.95. The van der Waals surface area contributed by atoms with E-state index in [0.717, 1.165) is 19.3 Å². The molecule has 5 heteroatoms. The van der Waals surface area contributed by atoms with Gasteiger partial charge in [-0.3, -0.25) is 9.78 Å². The first-order valence-corrected chi connectivity index (χ1v) is 7.50. The number of carboxylic acids is 1. The summed E-state index contributed by atoms with van der Waals surface area (Å²) in [6, 6.07) is 5.36. The number of carbonyl (C=O) groups excluding carboxylic acids is 1. The molecule has 1 aliphatic carbocycles. The molecular formula is C16H22N2O3. The lowest BCUT2D eigenvalue weighted by atomic mass is 9.75. The van der Waals surface area contributed by atoms with Crippen LogP contribution >= 0.6 is 0 Å². The molecule has 1 aliphatic rings. The van der Waals surface area contributed by atoms with Crippen molar-refractivity contribution in [1.29, 1.82) is 0 Å². The predicted octanol–water partition coefficient (Wildman–Crippen LogP) is 2.16. The van der Waals surface area contributed by atoms with Gasteiger partial charge in [-0.15, -0.1) is 0 Å². The third kappa shape index (κ3) is 3.80. The smallest absolute Gasteiger partial charge is 0.329 e. The van der Waals surface area contributed by atoms with Gasteiger partial charge in [0.1, 0.15) is 5.54 Å². The van der Waals surface area contributed by atoms with Gasteiger partial charge in [-0.25, -0.2) is 4.79 Å². The van der Waals surface area contributed by atoms with E-state index in [4.69, 9.17) is 0 Å². The van der Waals surface area contributed by atoms with E-state index in [1.54, 1.807) is 18.3 Å². The summed E-state index contributed by atoms with van der Waals surface area (Å²) in [5.41, 5.74) is -0.449. The normalized spacial score (nSPS) is 25.3. The summed E-state index contributed by atoms with van der Waals surface area (Å²) in [5, 5.41) is 12.3. The van der Waals surface area contributed by atoms with Crippen LogP contribution in [-0.4, -0.2) is 27.5 Å². The summed E-state index contributed by atoms with van der Waals surface area (Å²) in [4.78, 5) is 27.9. The topological polar surface area (TPSA) is 79.3 Å². The highest BCUT2D eigenvalue weighted by Gasteiger charge is 2.42. The van der Waals surface area contributed by atoms with E-state index in [2.05, 4.69) is 17.2 Å². The van der Waals surface area contributed by atoms with E-state index in [0.29, 0.717) is 24.5 Å². The second-order valence-electron chi connectivity index (χ2n) is 5.78. The lowest BCUT2D eigenvalue weighted by Gasteiger charge is -2.37. The number of hydrogen-bond donors (Lipinski definition) is 2. The third-order valence-electron chi connectivity index (χ3n) is 4.39. The molecule has 1 saturated carbocycles. The number of amides is 1. The van der Waals surface area contributed by atoms with Gasteiger partial charge in [0.25, 0.3) is 0 Å². The molecule has 0 aromatic carbocycles. The predicted molar refractivity (Wildman–Crippen MR) is 78.7 cm³/mol. The van der Waals surface area contributed by atoms with Crippen molar-refractivity contribution in [2.45, 2.75) is 51.0 Å². The molecule has 1 fully saturated rings. The minimum absolute atomic E-state index is 0.118. The average molecular weight is 290 g/mol. The Bertz CT molecular complexity index is 494. The maximum Gasteiger partial charge on any atom is 0.329 e. The Morgan fingerprint density at radius 1 is 1.38 bits per heavy atom. The van der Waals surface area contributed by atoms with Gasteiger partial charge in [0.15, 0.2) is 0 Å². The van der Waals surface area contributed by atoms with Crippen molar-refractivity contribution in [2.75, 3.05) is 0 Å². The maximum absolute atomic E-state index is 12.1. The highest BCUT2D eigenvalue weighted by Crippen LogP contribution is 2.34. The van der Waals surface area contributed by atoms with Crippen molar-refractivity contribution in [3.8, 4) is 0 Å². The Kier molecular flexibility index (Phi) is 4.94. The van der Waals surface area contributed by atoms with Crippen LogP contribution in [0.3, 0.4) is 0 Å². The Morgan fingerprint density at radius 2 is 2.10 bits per heavy atom. The number of pyridine rings is 1. The van der Waals surface area contributed by atoms with Crippen molar-refractivity contribution in [1.82, 2.24) is 10.3 Å². The number of rotatable bonds is 5. The molecule has 0 radical (unpaired) electrons. The van der Waals surface area contributed by atoms with Crippen LogP contribution in [-0.2, 0) is 16.0 Å². The Balaban J connectivity index is 2.00. The number of carbonyl (C=O) groups is 2. The number of nitrogens with one attached hydrogen (secondary N) is 1. The summed E-state index contributed by atoms with van der Waals surface area (Å²) in [7, 11) is 0. The first kappa shape index (κ1) is 15.5. The van der Waals surface area contributed by atoms with Crippen LogP contribution in [0.2, 0.25) is 0 Å². The van der Waals surface area contributed by atoms with E-state index < -0.39 is 11.5 Å². The summed E-state index contributed by atoms with van der Waals surface area (Å²) in [6.07, 6.45) is 5.54. The van der Waals surface area contributed by atoms with Crippen molar-refractivity contribution in [3.63, 3.8) is 0 Å². The maximum atomic E-state index is 12.1. The molecule has 1 amide bonds. The molecule has 0 unspecified atom stereocenters. The van der Waals surface area contributed by atoms with Gasteiger partial charge in [-0.1, -0.05) is 19.4 Å². The molecule has 5 nitrogen and oxygen atoms in total. The number of aliphatic carboxylic acids is 1. The van der Waals surface area contributed by atoms with Crippen molar-refractivity contribution < 1.29 is 14.7 Å². The zero-order valence-corrected chi connectivity index (χ0v) is 12.3. The Hall–Kier alpha value is -1.91. The summed E-state index contributed by atoms with van der Waals surface area (Å²) >= 11 is 0. The van der Waals surface area contributed by atoms with Gasteiger partial charge in [0.2, 0.25) is 5.91 Å². The number of aromatic nitrogens is 1. The molecule has 0 aliphatic heterocycles. The van der Waals surface area contributed by atoms with Crippen molar-refractivity contribution in [2.24, 2.45) is 5.92 Å². The van der Waals surface area contributed by atoms with Crippen LogP contribution in [0.15, 0.2) is 24.4 Å². The molecule has 0 saturated heterocycles. The van der Waals surface area contributed by atoms with Gasteiger partial charge in [-0.2, -0.15) is 0 Å². The number of carboxylic acid groups (broad SMARTS) is 1. The molecular weight excluding hydrogens is 268 g/mol. The van der Waals surface area contributed by atoms with Gasteiger partial charge in [0.05, 0.1) is 6.42 Å². The van der Waals surface area contributed by atoms with Gasteiger partial charge >= 0.3 is 5.97 Å². The third-order valence-corrected chi connectivity index (χ3v) is 4.39. The zero-order chi connectivity index (χ0) is 15.3. The second kappa shape index (κ2) is 6.70. The SMILES string of the molecule is CCC1CCC(NC(=O)Cc2ccccn2)(C(=O)O)CC1. The van der Waals surface area contributed by atoms with E-state index in [1.165, 1.54) is 0 Å². The van der Waals surface area contributed by atoms with Crippen LogP contribution in [0.25, 0.3) is 0 Å². The standard InChI is InChI=1S/C16H22N2O3/c1-2-12-6-8-16(9-7-12,15(20)21)18-14(19)11-13-5-3-4-10-17-13/h3-5,10,12H,2,6-9,11H2,1H3,(H,18,19)(H,20,21). The number of hydrogen-bond acceptors (Lipinski definition) is 3. The molecule has 1 aromatic rings. The molecule has 21 heavy (non-hydrogen) atoms. The van der Waals surface area contributed by atoms with E-state index in [9.17, 15) is 14.7 Å². The minimum atomic E-state index is -1.10. The molecule has 0 spiro atoms. The Morgan fingerprint density at radius 3 is 2.62 bits per heavy atom. The second-order valence-corrected chi connectivity index (χ2v) is 5.78. The summed E-state index contributed by atoms with van der Waals surface area (Å²) in [6.45, 7) is 2.12. The first-order valence-electron chi connectivity index (χ1n) is 7.50. The fraction of sp³-hybridized carbons (Fsp3) is 0.562. The van der Waals surface area contributed by atoms with E-state index >= 15 is 0 Å². The monoisotopic (exact) mass is 290 g/mol. The minimum Gasteiger partial charge on any atom is -0.480 e. The molecule has 0 atom stereocenters. The van der Waals surface area contributed by atoms with Crippen molar-refractivity contribution in [3.05, 3.63) is 30.1 Å². The lowest BCUT2D eigenvalue weighted by Crippen LogP contribution is -2.56. The van der Waals surface area contributed by atoms with E-state index in [1.807, 2.05) is 6.07 Å². The largest absolute Gasteiger partial charge is 0.480 e.